The van der Waals surface area contributed by atoms with Crippen molar-refractivity contribution < 1.29 is 4.74 Å². The van der Waals surface area contributed by atoms with E-state index in [1.165, 1.54) is 48.6 Å². The molecule has 0 amide bonds. The third-order valence-corrected chi connectivity index (χ3v) is 6.55. The number of nitrogens with zero attached hydrogens (tertiary/aromatic N) is 4. The van der Waals surface area contributed by atoms with E-state index in [1.54, 1.807) is 7.05 Å². The average molecular weight is 430 g/mol. The number of anilines is 1. The zero-order valence-corrected chi connectivity index (χ0v) is 18.5. The van der Waals surface area contributed by atoms with E-state index < -0.39 is 0 Å². The number of likely N-dealkylation sites (N-methyl/N-ethyl adjacent to an activating group) is 1. The van der Waals surface area contributed by atoms with Crippen molar-refractivity contribution in [2.45, 2.75) is 63.9 Å². The molecule has 0 atom stereocenters. The van der Waals surface area contributed by atoms with Crippen molar-refractivity contribution in [1.82, 2.24) is 19.4 Å². The maximum Gasteiger partial charge on any atom is 0.235 e. The second-order valence-corrected chi connectivity index (χ2v) is 9.00. The SMILES string of the molecule is Cc1nc(/C(N)=C(\CNc2nsc(C3CC3)n2)N(C)N)ccc1OC1CCCCC1. The number of rotatable bonds is 8. The first-order valence-corrected chi connectivity index (χ1v) is 11.5. The molecular weight excluding hydrogens is 398 g/mol. The van der Waals surface area contributed by atoms with Crippen LogP contribution in [0.2, 0.25) is 0 Å². The van der Waals surface area contributed by atoms with E-state index in [-0.39, 0.29) is 0 Å². The number of nitrogens with two attached hydrogens (primary N) is 2. The van der Waals surface area contributed by atoms with E-state index in [2.05, 4.69) is 19.7 Å². The van der Waals surface area contributed by atoms with Gasteiger partial charge in [-0.25, -0.2) is 15.8 Å². The van der Waals surface area contributed by atoms with Gasteiger partial charge in [-0.1, -0.05) is 6.42 Å². The molecule has 2 aliphatic carbocycles. The summed E-state index contributed by atoms with van der Waals surface area (Å²) in [4.78, 5) is 9.24. The minimum absolute atomic E-state index is 0.291. The van der Waals surface area contributed by atoms with E-state index in [0.717, 1.165) is 35.0 Å². The number of hydrazine groups is 1. The lowest BCUT2D eigenvalue weighted by molar-refractivity contribution is 0.153. The zero-order valence-electron chi connectivity index (χ0n) is 17.7. The number of ether oxygens (including phenoxy) is 1. The smallest absolute Gasteiger partial charge is 0.235 e. The van der Waals surface area contributed by atoms with Crippen LogP contribution < -0.4 is 21.6 Å². The number of hydrogen-bond donors (Lipinski definition) is 3. The summed E-state index contributed by atoms with van der Waals surface area (Å²) in [6, 6.07) is 3.86. The van der Waals surface area contributed by atoms with Crippen molar-refractivity contribution in [3.8, 4) is 5.75 Å². The third-order valence-electron chi connectivity index (χ3n) is 5.68. The molecule has 2 saturated carbocycles. The Morgan fingerprint density at radius 2 is 1.97 bits per heavy atom. The quantitative estimate of drug-likeness (QED) is 0.432. The molecule has 9 heteroatoms. The minimum Gasteiger partial charge on any atom is -0.489 e. The summed E-state index contributed by atoms with van der Waals surface area (Å²) < 4.78 is 10.6. The molecule has 0 bridgehead atoms. The van der Waals surface area contributed by atoms with Gasteiger partial charge in [-0.05, 0) is 69.1 Å². The molecule has 0 aromatic carbocycles. The predicted octanol–water partition coefficient (Wildman–Crippen LogP) is 3.38. The summed E-state index contributed by atoms with van der Waals surface area (Å²) in [5, 5.41) is 5.85. The van der Waals surface area contributed by atoms with Crippen molar-refractivity contribution >= 4 is 23.2 Å². The standard InChI is InChI=1S/C21H31N7OS/c1-13-18(29-15-6-4-3-5-7-15)11-10-16(25-13)19(22)17(28(2)23)12-24-21-26-20(30-27-21)14-8-9-14/h10-11,14-15H,3-9,12,22-23H2,1-2H3,(H,24,27)/b19-17-. The van der Waals surface area contributed by atoms with Crippen molar-refractivity contribution in [3.63, 3.8) is 0 Å². The lowest BCUT2D eigenvalue weighted by atomic mass is 9.98. The Balaban J connectivity index is 1.46. The molecule has 2 aliphatic rings. The molecule has 4 rings (SSSR count). The van der Waals surface area contributed by atoms with Gasteiger partial charge in [0.2, 0.25) is 5.95 Å². The maximum absolute atomic E-state index is 6.45. The topological polar surface area (TPSA) is 115 Å². The highest BCUT2D eigenvalue weighted by atomic mass is 32.1. The van der Waals surface area contributed by atoms with Crippen LogP contribution >= 0.6 is 11.5 Å². The van der Waals surface area contributed by atoms with Crippen LogP contribution in [0.1, 0.15) is 67.3 Å². The Morgan fingerprint density at radius 1 is 1.20 bits per heavy atom. The molecule has 162 valence electrons. The van der Waals surface area contributed by atoms with Crippen LogP contribution in [0.4, 0.5) is 5.95 Å². The van der Waals surface area contributed by atoms with E-state index in [9.17, 15) is 0 Å². The van der Waals surface area contributed by atoms with Crippen LogP contribution in [-0.2, 0) is 0 Å². The monoisotopic (exact) mass is 429 g/mol. The van der Waals surface area contributed by atoms with Gasteiger partial charge in [-0.3, -0.25) is 0 Å². The Labute approximate surface area is 181 Å². The van der Waals surface area contributed by atoms with E-state index >= 15 is 0 Å². The van der Waals surface area contributed by atoms with E-state index in [1.807, 2.05) is 19.1 Å². The lowest BCUT2D eigenvalue weighted by Gasteiger charge is -2.24. The van der Waals surface area contributed by atoms with Gasteiger partial charge in [-0.2, -0.15) is 4.37 Å². The lowest BCUT2D eigenvalue weighted by Crippen LogP contribution is -2.32. The molecule has 0 radical (unpaired) electrons. The Morgan fingerprint density at radius 3 is 2.63 bits per heavy atom. The van der Waals surface area contributed by atoms with Crippen LogP contribution in [0.3, 0.4) is 0 Å². The highest BCUT2D eigenvalue weighted by Crippen LogP contribution is 2.41. The Kier molecular flexibility index (Phi) is 6.38. The van der Waals surface area contributed by atoms with Crippen LogP contribution in [0, 0.1) is 6.92 Å². The maximum atomic E-state index is 6.45. The van der Waals surface area contributed by atoms with Gasteiger partial charge in [0, 0.05) is 13.0 Å². The average Bonchev–Trinajstić information content (AvgIpc) is 3.48. The van der Waals surface area contributed by atoms with Crippen LogP contribution in [-0.4, -0.2) is 39.0 Å². The Bertz CT molecular complexity index is 901. The second-order valence-electron chi connectivity index (χ2n) is 8.21. The van der Waals surface area contributed by atoms with E-state index in [0.29, 0.717) is 35.9 Å². The molecular formula is C21H31N7OS. The summed E-state index contributed by atoms with van der Waals surface area (Å²) in [6.07, 6.45) is 8.72. The predicted molar refractivity (Wildman–Crippen MR) is 120 cm³/mol. The summed E-state index contributed by atoms with van der Waals surface area (Å²) in [5.74, 6) is 8.10. The van der Waals surface area contributed by atoms with Gasteiger partial charge in [0.15, 0.2) is 0 Å². The molecule has 2 heterocycles. The molecule has 0 aliphatic heterocycles. The molecule has 0 spiro atoms. The zero-order chi connectivity index (χ0) is 21.1. The molecule has 2 aromatic heterocycles. The summed E-state index contributed by atoms with van der Waals surface area (Å²) in [7, 11) is 1.77. The highest BCUT2D eigenvalue weighted by Gasteiger charge is 2.27. The second kappa shape index (κ2) is 9.18. The number of nitrogens with one attached hydrogen (secondary N) is 1. The first kappa shape index (κ1) is 20.9. The molecule has 2 fully saturated rings. The van der Waals surface area contributed by atoms with Gasteiger partial charge in [0.1, 0.15) is 10.8 Å². The van der Waals surface area contributed by atoms with Gasteiger partial charge >= 0.3 is 0 Å². The fourth-order valence-electron chi connectivity index (χ4n) is 3.71. The number of aromatic nitrogens is 3. The summed E-state index contributed by atoms with van der Waals surface area (Å²) in [6.45, 7) is 2.37. The van der Waals surface area contributed by atoms with Crippen molar-refractivity contribution in [1.29, 1.82) is 0 Å². The summed E-state index contributed by atoms with van der Waals surface area (Å²) >= 11 is 1.46. The highest BCUT2D eigenvalue weighted by molar-refractivity contribution is 7.05. The normalized spacial score (nSPS) is 18.1. The fourth-order valence-corrected chi connectivity index (χ4v) is 4.51. The van der Waals surface area contributed by atoms with Crippen molar-refractivity contribution in [2.24, 2.45) is 11.6 Å². The van der Waals surface area contributed by atoms with E-state index in [4.69, 9.17) is 16.3 Å². The summed E-state index contributed by atoms with van der Waals surface area (Å²) in [5.41, 5.74) is 9.22. The molecule has 0 unspecified atom stereocenters. The van der Waals surface area contributed by atoms with Crippen molar-refractivity contribution in [3.05, 3.63) is 34.2 Å². The van der Waals surface area contributed by atoms with Crippen LogP contribution in [0.15, 0.2) is 17.8 Å². The van der Waals surface area contributed by atoms with Crippen LogP contribution in [0.5, 0.6) is 5.75 Å². The van der Waals surface area contributed by atoms with Crippen molar-refractivity contribution in [2.75, 3.05) is 18.9 Å². The van der Waals surface area contributed by atoms with Gasteiger partial charge in [-0.15, -0.1) is 0 Å². The van der Waals surface area contributed by atoms with Gasteiger partial charge in [0.05, 0.1) is 35.4 Å². The molecule has 0 saturated heterocycles. The number of hydrogen-bond acceptors (Lipinski definition) is 9. The molecule has 8 nitrogen and oxygen atoms in total. The first-order valence-electron chi connectivity index (χ1n) is 10.7. The number of aryl methyl sites for hydroxylation is 1. The fraction of sp³-hybridized carbons (Fsp3) is 0.571. The number of pyridine rings is 1. The van der Waals surface area contributed by atoms with Gasteiger partial charge < -0.3 is 20.8 Å². The first-order chi connectivity index (χ1) is 14.5. The van der Waals surface area contributed by atoms with Gasteiger partial charge in [0.25, 0.3) is 0 Å². The molecule has 2 aromatic rings. The molecule has 30 heavy (non-hydrogen) atoms. The molecule has 5 N–H and O–H groups in total. The Hall–Kier alpha value is -2.39. The van der Waals surface area contributed by atoms with Crippen LogP contribution in [0.25, 0.3) is 5.70 Å². The minimum atomic E-state index is 0.291. The third kappa shape index (κ3) is 5.02. The largest absolute Gasteiger partial charge is 0.489 e.